The van der Waals surface area contributed by atoms with Crippen LogP contribution in [0.5, 0.6) is 0 Å². The lowest BCUT2D eigenvalue weighted by molar-refractivity contribution is 0.0357. The lowest BCUT2D eigenvalue weighted by atomic mass is 9.99. The Kier molecular flexibility index (Phi) is 3.35. The number of hydrogen-bond donors (Lipinski definition) is 1. The van der Waals surface area contributed by atoms with Crippen LogP contribution in [0.25, 0.3) is 10.9 Å². The van der Waals surface area contributed by atoms with Crippen molar-refractivity contribution < 1.29 is 4.74 Å². The highest BCUT2D eigenvalue weighted by Crippen LogP contribution is 2.21. The molecule has 1 aromatic carbocycles. The van der Waals surface area contributed by atoms with Crippen LogP contribution < -0.4 is 0 Å². The average Bonchev–Trinajstić information content (AvgIpc) is 2.87. The molecular weight excluding hydrogens is 224 g/mol. The lowest BCUT2D eigenvalue weighted by Gasteiger charge is -2.29. The van der Waals surface area contributed by atoms with Crippen molar-refractivity contribution in [2.45, 2.75) is 12.8 Å². The molecule has 1 aliphatic heterocycles. The molecule has 3 heteroatoms. The molecule has 0 spiro atoms. The Labute approximate surface area is 108 Å². The van der Waals surface area contributed by atoms with Crippen LogP contribution >= 0.6 is 0 Å². The van der Waals surface area contributed by atoms with E-state index in [1.165, 1.54) is 16.5 Å². The summed E-state index contributed by atoms with van der Waals surface area (Å²) in [6, 6.07) is 8.85. The number of nitrogens with zero attached hydrogens (tertiary/aromatic N) is 1. The molecule has 18 heavy (non-hydrogen) atoms. The SMILES string of the molecule is CC(CN1CCOCC1)c1ccc2cc[nH]c2c1. The monoisotopic (exact) mass is 244 g/mol. The van der Waals surface area contributed by atoms with Gasteiger partial charge in [-0.05, 0) is 29.0 Å². The second-order valence-electron chi connectivity index (χ2n) is 5.14. The molecule has 1 aliphatic rings. The smallest absolute Gasteiger partial charge is 0.0594 e. The predicted octanol–water partition coefficient (Wildman–Crippen LogP) is 2.60. The number of nitrogens with one attached hydrogen (secondary N) is 1. The Balaban J connectivity index is 1.72. The molecule has 3 rings (SSSR count). The van der Waals surface area contributed by atoms with Gasteiger partial charge in [-0.1, -0.05) is 19.1 Å². The summed E-state index contributed by atoms with van der Waals surface area (Å²) in [5, 5.41) is 1.29. The van der Waals surface area contributed by atoms with E-state index >= 15 is 0 Å². The van der Waals surface area contributed by atoms with Crippen molar-refractivity contribution in [3.63, 3.8) is 0 Å². The Morgan fingerprint density at radius 2 is 2.11 bits per heavy atom. The molecule has 0 saturated carbocycles. The molecular formula is C15H20N2O. The highest BCUT2D eigenvalue weighted by molar-refractivity contribution is 5.79. The minimum absolute atomic E-state index is 0.566. The highest BCUT2D eigenvalue weighted by Gasteiger charge is 2.15. The minimum atomic E-state index is 0.566. The van der Waals surface area contributed by atoms with Gasteiger partial charge in [-0.2, -0.15) is 0 Å². The highest BCUT2D eigenvalue weighted by atomic mass is 16.5. The van der Waals surface area contributed by atoms with Crippen LogP contribution in [0.2, 0.25) is 0 Å². The summed E-state index contributed by atoms with van der Waals surface area (Å²) < 4.78 is 5.39. The molecule has 1 saturated heterocycles. The molecule has 3 nitrogen and oxygen atoms in total. The molecule has 0 radical (unpaired) electrons. The third kappa shape index (κ3) is 2.42. The number of hydrogen-bond acceptors (Lipinski definition) is 2. The number of H-pyrrole nitrogens is 1. The fourth-order valence-electron chi connectivity index (χ4n) is 2.65. The normalized spacial score (nSPS) is 19.2. The van der Waals surface area contributed by atoms with Crippen molar-refractivity contribution in [3.05, 3.63) is 36.0 Å². The lowest BCUT2D eigenvalue weighted by Crippen LogP contribution is -2.38. The van der Waals surface area contributed by atoms with Crippen molar-refractivity contribution >= 4 is 10.9 Å². The maximum Gasteiger partial charge on any atom is 0.0594 e. The first-order valence-electron chi connectivity index (χ1n) is 6.70. The first kappa shape index (κ1) is 11.8. The third-order valence-electron chi connectivity index (χ3n) is 3.78. The number of ether oxygens (including phenoxy) is 1. The summed E-state index contributed by atoms with van der Waals surface area (Å²) in [6.45, 7) is 7.31. The molecule has 1 unspecified atom stereocenters. The van der Waals surface area contributed by atoms with Gasteiger partial charge in [-0.25, -0.2) is 0 Å². The second kappa shape index (κ2) is 5.12. The van der Waals surface area contributed by atoms with Gasteiger partial charge in [0.15, 0.2) is 0 Å². The summed E-state index contributed by atoms with van der Waals surface area (Å²) >= 11 is 0. The van der Waals surface area contributed by atoms with E-state index in [4.69, 9.17) is 4.74 Å². The van der Waals surface area contributed by atoms with E-state index in [-0.39, 0.29) is 0 Å². The molecule has 1 fully saturated rings. The number of aromatic amines is 1. The first-order chi connectivity index (χ1) is 8.83. The Bertz CT molecular complexity index is 514. The summed E-state index contributed by atoms with van der Waals surface area (Å²) in [7, 11) is 0. The van der Waals surface area contributed by atoms with E-state index in [1.54, 1.807) is 0 Å². The van der Waals surface area contributed by atoms with Crippen LogP contribution in [0.4, 0.5) is 0 Å². The Morgan fingerprint density at radius 3 is 2.94 bits per heavy atom. The van der Waals surface area contributed by atoms with Crippen molar-refractivity contribution in [2.24, 2.45) is 0 Å². The van der Waals surface area contributed by atoms with E-state index in [0.29, 0.717) is 5.92 Å². The predicted molar refractivity (Wildman–Crippen MR) is 74.0 cm³/mol. The molecule has 2 heterocycles. The summed E-state index contributed by atoms with van der Waals surface area (Å²) in [4.78, 5) is 5.78. The molecule has 1 N–H and O–H groups in total. The zero-order valence-electron chi connectivity index (χ0n) is 10.9. The summed E-state index contributed by atoms with van der Waals surface area (Å²) in [5.74, 6) is 0.566. The molecule has 1 atom stereocenters. The van der Waals surface area contributed by atoms with Gasteiger partial charge in [0, 0.05) is 31.3 Å². The van der Waals surface area contributed by atoms with Crippen LogP contribution in [0.1, 0.15) is 18.4 Å². The second-order valence-corrected chi connectivity index (χ2v) is 5.14. The first-order valence-corrected chi connectivity index (χ1v) is 6.70. The molecule has 0 aliphatic carbocycles. The third-order valence-corrected chi connectivity index (χ3v) is 3.78. The number of fused-ring (bicyclic) bond motifs is 1. The maximum atomic E-state index is 5.39. The summed E-state index contributed by atoms with van der Waals surface area (Å²) in [6.07, 6.45) is 2.00. The molecule has 0 amide bonds. The fourth-order valence-corrected chi connectivity index (χ4v) is 2.65. The van der Waals surface area contributed by atoms with Crippen molar-refractivity contribution in [1.82, 2.24) is 9.88 Å². The largest absolute Gasteiger partial charge is 0.379 e. The van der Waals surface area contributed by atoms with E-state index in [9.17, 15) is 0 Å². The average molecular weight is 244 g/mol. The molecule has 0 bridgehead atoms. The van der Waals surface area contributed by atoms with E-state index in [2.05, 4.69) is 41.1 Å². The van der Waals surface area contributed by atoms with Gasteiger partial charge in [0.25, 0.3) is 0 Å². The zero-order chi connectivity index (χ0) is 12.4. The molecule has 1 aromatic heterocycles. The summed E-state index contributed by atoms with van der Waals surface area (Å²) in [5.41, 5.74) is 2.65. The van der Waals surface area contributed by atoms with Gasteiger partial charge in [0.05, 0.1) is 13.2 Å². The van der Waals surface area contributed by atoms with Crippen LogP contribution in [0, 0.1) is 0 Å². The van der Waals surface area contributed by atoms with Crippen molar-refractivity contribution in [2.75, 3.05) is 32.8 Å². The number of rotatable bonds is 3. The van der Waals surface area contributed by atoms with Crippen molar-refractivity contribution in [3.8, 4) is 0 Å². The number of benzene rings is 1. The van der Waals surface area contributed by atoms with Gasteiger partial charge >= 0.3 is 0 Å². The van der Waals surface area contributed by atoms with Crippen molar-refractivity contribution in [1.29, 1.82) is 0 Å². The zero-order valence-corrected chi connectivity index (χ0v) is 10.9. The number of aromatic nitrogens is 1. The standard InChI is InChI=1S/C15H20N2O/c1-12(11-17-6-8-18-9-7-17)14-3-2-13-4-5-16-15(13)10-14/h2-5,10,12,16H,6-9,11H2,1H3. The number of morpholine rings is 1. The topological polar surface area (TPSA) is 28.3 Å². The van der Waals surface area contributed by atoms with Gasteiger partial charge in [-0.15, -0.1) is 0 Å². The van der Waals surface area contributed by atoms with Crippen LogP contribution in [-0.2, 0) is 4.74 Å². The van der Waals surface area contributed by atoms with Gasteiger partial charge in [-0.3, -0.25) is 4.90 Å². The van der Waals surface area contributed by atoms with E-state index in [1.807, 2.05) is 6.20 Å². The van der Waals surface area contributed by atoms with Crippen LogP contribution in [0.15, 0.2) is 30.5 Å². The maximum absolute atomic E-state index is 5.39. The fraction of sp³-hybridized carbons (Fsp3) is 0.467. The van der Waals surface area contributed by atoms with Gasteiger partial charge in [0.2, 0.25) is 0 Å². The quantitative estimate of drug-likeness (QED) is 0.899. The van der Waals surface area contributed by atoms with E-state index < -0.39 is 0 Å². The van der Waals surface area contributed by atoms with Gasteiger partial charge in [0.1, 0.15) is 0 Å². The minimum Gasteiger partial charge on any atom is -0.379 e. The van der Waals surface area contributed by atoms with Crippen LogP contribution in [0.3, 0.4) is 0 Å². The van der Waals surface area contributed by atoms with Crippen LogP contribution in [-0.4, -0.2) is 42.7 Å². The molecule has 2 aromatic rings. The molecule has 96 valence electrons. The van der Waals surface area contributed by atoms with E-state index in [0.717, 1.165) is 32.8 Å². The Morgan fingerprint density at radius 1 is 1.28 bits per heavy atom. The Hall–Kier alpha value is -1.32. The van der Waals surface area contributed by atoms with Gasteiger partial charge < -0.3 is 9.72 Å².